The first kappa shape index (κ1) is 21.5. The topological polar surface area (TPSA) is 69.7 Å². The maximum atomic E-state index is 12.9. The van der Waals surface area contributed by atoms with Gasteiger partial charge in [-0.1, -0.05) is 18.9 Å². The standard InChI is InChI=1S/C22H29N3O3S2/c26-22(17-24-13-5-7-20(24)21-8-6-16-29-21)23-18-9-11-19(12-10-18)30(27,28)25-14-3-1-2-4-15-25/h6,8-12,16,20H,1-5,7,13-15,17H2,(H,23,26). The monoisotopic (exact) mass is 447 g/mol. The molecule has 1 unspecified atom stereocenters. The van der Waals surface area contributed by atoms with Crippen molar-refractivity contribution < 1.29 is 13.2 Å². The highest BCUT2D eigenvalue weighted by Crippen LogP contribution is 2.34. The van der Waals surface area contributed by atoms with E-state index in [2.05, 4.69) is 27.7 Å². The number of benzene rings is 1. The van der Waals surface area contributed by atoms with Crippen LogP contribution < -0.4 is 5.32 Å². The van der Waals surface area contributed by atoms with Gasteiger partial charge in [0, 0.05) is 29.7 Å². The largest absolute Gasteiger partial charge is 0.325 e. The highest BCUT2D eigenvalue weighted by molar-refractivity contribution is 7.89. The van der Waals surface area contributed by atoms with E-state index in [1.807, 2.05) is 0 Å². The Morgan fingerprint density at radius 2 is 1.73 bits per heavy atom. The van der Waals surface area contributed by atoms with E-state index in [1.165, 1.54) is 4.88 Å². The molecule has 3 heterocycles. The zero-order valence-electron chi connectivity index (χ0n) is 17.1. The molecular formula is C22H29N3O3S2. The Morgan fingerprint density at radius 1 is 1.00 bits per heavy atom. The summed E-state index contributed by atoms with van der Waals surface area (Å²) in [5, 5.41) is 4.99. The predicted octanol–water partition coefficient (Wildman–Crippen LogP) is 4.09. The number of nitrogens with one attached hydrogen (secondary N) is 1. The van der Waals surface area contributed by atoms with Gasteiger partial charge in [0.05, 0.1) is 11.4 Å². The van der Waals surface area contributed by atoms with E-state index in [0.717, 1.165) is 45.1 Å². The first-order chi connectivity index (χ1) is 14.5. The molecule has 30 heavy (non-hydrogen) atoms. The lowest BCUT2D eigenvalue weighted by Gasteiger charge is -2.23. The molecule has 0 radical (unpaired) electrons. The van der Waals surface area contributed by atoms with Gasteiger partial charge < -0.3 is 5.32 Å². The van der Waals surface area contributed by atoms with E-state index in [1.54, 1.807) is 39.9 Å². The van der Waals surface area contributed by atoms with Gasteiger partial charge in [-0.15, -0.1) is 11.3 Å². The van der Waals surface area contributed by atoms with E-state index in [-0.39, 0.29) is 5.91 Å². The molecule has 162 valence electrons. The van der Waals surface area contributed by atoms with Crippen LogP contribution in [-0.2, 0) is 14.8 Å². The van der Waals surface area contributed by atoms with E-state index >= 15 is 0 Å². The van der Waals surface area contributed by atoms with Crippen LogP contribution in [0.2, 0.25) is 0 Å². The summed E-state index contributed by atoms with van der Waals surface area (Å²) in [6, 6.07) is 11.1. The number of hydrogen-bond donors (Lipinski definition) is 1. The van der Waals surface area contributed by atoms with Crippen LogP contribution in [0.1, 0.15) is 49.4 Å². The van der Waals surface area contributed by atoms with Crippen LogP contribution in [0.5, 0.6) is 0 Å². The molecule has 2 saturated heterocycles. The van der Waals surface area contributed by atoms with Crippen molar-refractivity contribution >= 4 is 33.0 Å². The van der Waals surface area contributed by atoms with Crippen molar-refractivity contribution in [2.24, 2.45) is 0 Å². The van der Waals surface area contributed by atoms with Crippen molar-refractivity contribution in [2.45, 2.75) is 49.5 Å². The number of rotatable bonds is 6. The molecule has 0 aliphatic carbocycles. The molecule has 0 bridgehead atoms. The molecule has 1 aromatic heterocycles. The molecule has 0 saturated carbocycles. The van der Waals surface area contributed by atoms with E-state index in [0.29, 0.717) is 36.3 Å². The number of anilines is 1. The third-order valence-electron chi connectivity index (χ3n) is 5.92. The maximum Gasteiger partial charge on any atom is 0.243 e. The van der Waals surface area contributed by atoms with Crippen molar-refractivity contribution in [1.82, 2.24) is 9.21 Å². The average molecular weight is 448 g/mol. The van der Waals surface area contributed by atoms with Crippen LogP contribution in [0.15, 0.2) is 46.7 Å². The van der Waals surface area contributed by atoms with Crippen LogP contribution in [-0.4, -0.2) is 49.7 Å². The Morgan fingerprint density at radius 3 is 2.40 bits per heavy atom. The number of hydrogen-bond acceptors (Lipinski definition) is 5. The number of thiophene rings is 1. The van der Waals surface area contributed by atoms with Crippen LogP contribution in [0.25, 0.3) is 0 Å². The van der Waals surface area contributed by atoms with Gasteiger partial charge in [-0.2, -0.15) is 4.31 Å². The Hall–Kier alpha value is -1.74. The summed E-state index contributed by atoms with van der Waals surface area (Å²) in [5.74, 6) is -0.0680. The van der Waals surface area contributed by atoms with Gasteiger partial charge in [0.15, 0.2) is 0 Å². The minimum absolute atomic E-state index is 0.0680. The number of carbonyl (C=O) groups excluding carboxylic acids is 1. The van der Waals surface area contributed by atoms with Crippen LogP contribution >= 0.6 is 11.3 Å². The van der Waals surface area contributed by atoms with Gasteiger partial charge in [0.25, 0.3) is 0 Å². The van der Waals surface area contributed by atoms with E-state index in [4.69, 9.17) is 0 Å². The minimum Gasteiger partial charge on any atom is -0.325 e. The van der Waals surface area contributed by atoms with Crippen molar-refractivity contribution in [3.8, 4) is 0 Å². The number of likely N-dealkylation sites (tertiary alicyclic amines) is 1. The molecule has 2 aliphatic rings. The molecule has 6 nitrogen and oxygen atoms in total. The number of amides is 1. The Balaban J connectivity index is 1.36. The predicted molar refractivity (Wildman–Crippen MR) is 120 cm³/mol. The highest BCUT2D eigenvalue weighted by Gasteiger charge is 2.28. The van der Waals surface area contributed by atoms with Crippen molar-refractivity contribution in [1.29, 1.82) is 0 Å². The summed E-state index contributed by atoms with van der Waals surface area (Å²) >= 11 is 1.74. The Bertz CT molecular complexity index is 935. The van der Waals surface area contributed by atoms with Crippen molar-refractivity contribution in [3.63, 3.8) is 0 Å². The number of sulfonamides is 1. The molecule has 0 spiro atoms. The second kappa shape index (κ2) is 9.60. The first-order valence-corrected chi connectivity index (χ1v) is 13.0. The molecule has 1 aromatic carbocycles. The summed E-state index contributed by atoms with van der Waals surface area (Å²) < 4.78 is 27.4. The molecule has 2 fully saturated rings. The summed E-state index contributed by atoms with van der Waals surface area (Å²) in [6.45, 7) is 2.43. The SMILES string of the molecule is O=C(CN1CCCC1c1cccs1)Nc1ccc(S(=O)(=O)N2CCCCCC2)cc1. The van der Waals surface area contributed by atoms with Crippen molar-refractivity contribution in [2.75, 3.05) is 31.5 Å². The molecule has 1 amide bonds. The maximum absolute atomic E-state index is 12.9. The number of nitrogens with zero attached hydrogens (tertiary/aromatic N) is 2. The second-order valence-corrected chi connectivity index (χ2v) is 11.0. The summed E-state index contributed by atoms with van der Waals surface area (Å²) in [7, 11) is -3.47. The van der Waals surface area contributed by atoms with Crippen LogP contribution in [0.4, 0.5) is 5.69 Å². The summed E-state index contributed by atoms with van der Waals surface area (Å²) in [5.41, 5.74) is 0.627. The lowest BCUT2D eigenvalue weighted by molar-refractivity contribution is -0.117. The Labute approximate surface area is 182 Å². The van der Waals surface area contributed by atoms with E-state index < -0.39 is 10.0 Å². The van der Waals surface area contributed by atoms with Gasteiger partial charge in [-0.25, -0.2) is 8.42 Å². The summed E-state index contributed by atoms with van der Waals surface area (Å²) in [6.07, 6.45) is 6.17. The minimum atomic E-state index is -3.47. The van der Waals surface area contributed by atoms with Crippen LogP contribution in [0, 0.1) is 0 Å². The zero-order chi connectivity index (χ0) is 21.0. The van der Waals surface area contributed by atoms with E-state index in [9.17, 15) is 13.2 Å². The highest BCUT2D eigenvalue weighted by atomic mass is 32.2. The fourth-order valence-electron chi connectivity index (χ4n) is 4.34. The lowest BCUT2D eigenvalue weighted by Crippen LogP contribution is -2.33. The average Bonchev–Trinajstić information content (AvgIpc) is 3.33. The first-order valence-electron chi connectivity index (χ1n) is 10.7. The molecular weight excluding hydrogens is 418 g/mol. The van der Waals surface area contributed by atoms with Gasteiger partial charge in [-0.3, -0.25) is 9.69 Å². The van der Waals surface area contributed by atoms with Gasteiger partial charge in [-0.05, 0) is 67.9 Å². The molecule has 8 heteroatoms. The quantitative estimate of drug-likeness (QED) is 0.724. The summed E-state index contributed by atoms with van der Waals surface area (Å²) in [4.78, 5) is 16.4. The molecule has 1 N–H and O–H groups in total. The third kappa shape index (κ3) is 4.94. The number of carbonyl (C=O) groups is 1. The molecule has 4 rings (SSSR count). The molecule has 2 aromatic rings. The van der Waals surface area contributed by atoms with Crippen LogP contribution in [0.3, 0.4) is 0 Å². The second-order valence-electron chi connectivity index (χ2n) is 8.03. The normalized spacial score (nSPS) is 21.4. The fourth-order valence-corrected chi connectivity index (χ4v) is 6.76. The molecule has 2 aliphatic heterocycles. The molecule has 1 atom stereocenters. The Kier molecular flexibility index (Phi) is 6.87. The van der Waals surface area contributed by atoms with Gasteiger partial charge in [0.1, 0.15) is 0 Å². The zero-order valence-corrected chi connectivity index (χ0v) is 18.8. The van der Waals surface area contributed by atoms with Crippen molar-refractivity contribution in [3.05, 3.63) is 46.7 Å². The fraction of sp³-hybridized carbons (Fsp3) is 0.500. The van der Waals surface area contributed by atoms with Gasteiger partial charge in [0.2, 0.25) is 15.9 Å². The lowest BCUT2D eigenvalue weighted by atomic mass is 10.2. The smallest absolute Gasteiger partial charge is 0.243 e. The van der Waals surface area contributed by atoms with Gasteiger partial charge >= 0.3 is 0 Å². The third-order valence-corrected chi connectivity index (χ3v) is 8.81.